The lowest BCUT2D eigenvalue weighted by Gasteiger charge is -2.20. The maximum Gasteiger partial charge on any atom is 0.0225 e. The summed E-state index contributed by atoms with van der Waals surface area (Å²) in [6, 6.07) is 19.3. The minimum atomic E-state index is 0.902. The molecule has 3 rings (SSSR count). The standard InChI is InChI=1S/C20H19Cl/c1-15-10-12-17(13-11-15)18-8-5-9-20(21)19(18)14-16-6-3-2-4-7-16/h2-4,6-8,10-13H,5,9,14H2,1H3. The second-order valence-corrected chi connectivity index (χ2v) is 6.02. The summed E-state index contributed by atoms with van der Waals surface area (Å²) in [7, 11) is 0. The van der Waals surface area contributed by atoms with Crippen LogP contribution in [0, 0.1) is 6.92 Å². The molecular formula is C20H19Cl. The molecule has 1 aliphatic carbocycles. The average molecular weight is 295 g/mol. The van der Waals surface area contributed by atoms with Crippen molar-refractivity contribution >= 4 is 17.2 Å². The number of aryl methyl sites for hydroxylation is 1. The van der Waals surface area contributed by atoms with E-state index in [4.69, 9.17) is 11.6 Å². The molecule has 0 aliphatic heterocycles. The molecule has 0 bridgehead atoms. The van der Waals surface area contributed by atoms with Crippen LogP contribution in [0.2, 0.25) is 0 Å². The van der Waals surface area contributed by atoms with Gasteiger partial charge >= 0.3 is 0 Å². The molecule has 1 heteroatoms. The van der Waals surface area contributed by atoms with E-state index in [-0.39, 0.29) is 0 Å². The molecule has 0 heterocycles. The highest BCUT2D eigenvalue weighted by atomic mass is 35.5. The van der Waals surface area contributed by atoms with Crippen molar-refractivity contribution in [2.75, 3.05) is 0 Å². The lowest BCUT2D eigenvalue weighted by molar-refractivity contribution is 0.981. The fourth-order valence-electron chi connectivity index (χ4n) is 2.78. The molecule has 0 saturated heterocycles. The van der Waals surface area contributed by atoms with E-state index in [2.05, 4.69) is 67.6 Å². The Kier molecular flexibility index (Phi) is 4.26. The summed E-state index contributed by atoms with van der Waals surface area (Å²) in [5, 5.41) is 1.01. The minimum absolute atomic E-state index is 0.902. The van der Waals surface area contributed by atoms with E-state index < -0.39 is 0 Å². The molecule has 0 N–H and O–H groups in total. The first-order valence-corrected chi connectivity index (χ1v) is 7.81. The molecule has 21 heavy (non-hydrogen) atoms. The second-order valence-electron chi connectivity index (χ2n) is 5.57. The number of benzene rings is 2. The van der Waals surface area contributed by atoms with Gasteiger partial charge in [0.1, 0.15) is 0 Å². The Hall–Kier alpha value is -1.79. The molecule has 0 unspecified atom stereocenters. The first-order valence-electron chi connectivity index (χ1n) is 7.43. The van der Waals surface area contributed by atoms with Gasteiger partial charge in [-0.25, -0.2) is 0 Å². The zero-order valence-electron chi connectivity index (χ0n) is 12.3. The molecular weight excluding hydrogens is 276 g/mol. The molecule has 2 aromatic carbocycles. The topological polar surface area (TPSA) is 0 Å². The maximum absolute atomic E-state index is 6.55. The van der Waals surface area contributed by atoms with E-state index in [0.29, 0.717) is 0 Å². The molecule has 106 valence electrons. The number of allylic oxidation sites excluding steroid dienone is 4. The number of rotatable bonds is 3. The smallest absolute Gasteiger partial charge is 0.0225 e. The Labute approximate surface area is 131 Å². The molecule has 0 radical (unpaired) electrons. The van der Waals surface area contributed by atoms with Crippen LogP contribution in [0.5, 0.6) is 0 Å². The number of hydrogen-bond acceptors (Lipinski definition) is 0. The number of halogens is 1. The van der Waals surface area contributed by atoms with Gasteiger partial charge in [0, 0.05) is 5.03 Å². The molecule has 0 fully saturated rings. The van der Waals surface area contributed by atoms with Crippen molar-refractivity contribution in [1.82, 2.24) is 0 Å². The van der Waals surface area contributed by atoms with Crippen LogP contribution in [0.4, 0.5) is 0 Å². The Bertz CT molecular complexity index is 676. The molecule has 2 aromatic rings. The lowest BCUT2D eigenvalue weighted by atomic mass is 9.87. The van der Waals surface area contributed by atoms with Crippen molar-refractivity contribution < 1.29 is 0 Å². The summed E-state index contributed by atoms with van der Waals surface area (Å²) in [5.74, 6) is 0. The van der Waals surface area contributed by atoms with Crippen LogP contribution in [-0.2, 0) is 6.42 Å². The van der Waals surface area contributed by atoms with Crippen molar-refractivity contribution in [3.8, 4) is 0 Å². The third-order valence-electron chi connectivity index (χ3n) is 3.95. The van der Waals surface area contributed by atoms with Gasteiger partial charge in [0.05, 0.1) is 0 Å². The van der Waals surface area contributed by atoms with Gasteiger partial charge in [-0.15, -0.1) is 0 Å². The van der Waals surface area contributed by atoms with Crippen LogP contribution in [0.15, 0.2) is 71.3 Å². The van der Waals surface area contributed by atoms with Gasteiger partial charge in [-0.05, 0) is 48.5 Å². The normalized spacial score (nSPS) is 15.0. The predicted molar refractivity (Wildman–Crippen MR) is 91.4 cm³/mol. The first-order chi connectivity index (χ1) is 10.2. The lowest BCUT2D eigenvalue weighted by Crippen LogP contribution is -2.02. The van der Waals surface area contributed by atoms with Gasteiger partial charge in [-0.2, -0.15) is 0 Å². The zero-order valence-corrected chi connectivity index (χ0v) is 13.0. The maximum atomic E-state index is 6.55. The van der Waals surface area contributed by atoms with Gasteiger partial charge in [-0.3, -0.25) is 0 Å². The highest BCUT2D eigenvalue weighted by molar-refractivity contribution is 6.31. The van der Waals surface area contributed by atoms with E-state index in [0.717, 1.165) is 24.3 Å². The molecule has 0 aromatic heterocycles. The third kappa shape index (κ3) is 3.28. The predicted octanol–water partition coefficient (Wildman–Crippen LogP) is 5.91. The van der Waals surface area contributed by atoms with Crippen LogP contribution < -0.4 is 0 Å². The second kappa shape index (κ2) is 6.32. The monoisotopic (exact) mass is 294 g/mol. The number of hydrogen-bond donors (Lipinski definition) is 0. The third-order valence-corrected chi connectivity index (χ3v) is 4.37. The Morgan fingerprint density at radius 3 is 2.38 bits per heavy atom. The van der Waals surface area contributed by atoms with Crippen molar-refractivity contribution in [3.05, 3.63) is 88.0 Å². The van der Waals surface area contributed by atoms with Crippen LogP contribution >= 0.6 is 11.6 Å². The van der Waals surface area contributed by atoms with Crippen molar-refractivity contribution in [3.63, 3.8) is 0 Å². The average Bonchev–Trinajstić information content (AvgIpc) is 2.51. The van der Waals surface area contributed by atoms with Crippen molar-refractivity contribution in [2.45, 2.75) is 26.2 Å². The molecule has 0 nitrogen and oxygen atoms in total. The van der Waals surface area contributed by atoms with Crippen LogP contribution in [0.25, 0.3) is 5.57 Å². The summed E-state index contributed by atoms with van der Waals surface area (Å²) in [5.41, 5.74) is 6.44. The largest absolute Gasteiger partial charge is 0.0888 e. The van der Waals surface area contributed by atoms with Gasteiger partial charge in [0.25, 0.3) is 0 Å². The highest BCUT2D eigenvalue weighted by Gasteiger charge is 2.16. The van der Waals surface area contributed by atoms with Crippen LogP contribution in [0.3, 0.4) is 0 Å². The fraction of sp³-hybridized carbons (Fsp3) is 0.200. The van der Waals surface area contributed by atoms with Gasteiger partial charge < -0.3 is 0 Å². The summed E-state index contributed by atoms with van der Waals surface area (Å²) in [6.07, 6.45) is 5.22. The van der Waals surface area contributed by atoms with E-state index >= 15 is 0 Å². The summed E-state index contributed by atoms with van der Waals surface area (Å²) in [6.45, 7) is 2.12. The molecule has 0 saturated carbocycles. The molecule has 0 atom stereocenters. The minimum Gasteiger partial charge on any atom is -0.0888 e. The van der Waals surface area contributed by atoms with E-state index in [1.54, 1.807) is 0 Å². The highest BCUT2D eigenvalue weighted by Crippen LogP contribution is 2.36. The fourth-order valence-corrected chi connectivity index (χ4v) is 3.06. The van der Waals surface area contributed by atoms with E-state index in [1.165, 1.54) is 27.8 Å². The summed E-state index contributed by atoms with van der Waals surface area (Å²) < 4.78 is 0. The van der Waals surface area contributed by atoms with Gasteiger partial charge in [0.2, 0.25) is 0 Å². The molecule has 0 spiro atoms. The van der Waals surface area contributed by atoms with Crippen molar-refractivity contribution in [1.29, 1.82) is 0 Å². The zero-order chi connectivity index (χ0) is 14.7. The Balaban J connectivity index is 1.95. The first kappa shape index (κ1) is 14.2. The van der Waals surface area contributed by atoms with Gasteiger partial charge in [-0.1, -0.05) is 77.8 Å². The van der Waals surface area contributed by atoms with Gasteiger partial charge in [0.15, 0.2) is 0 Å². The quantitative estimate of drug-likeness (QED) is 0.660. The van der Waals surface area contributed by atoms with E-state index in [9.17, 15) is 0 Å². The van der Waals surface area contributed by atoms with Crippen molar-refractivity contribution in [2.24, 2.45) is 0 Å². The Morgan fingerprint density at radius 1 is 0.952 bits per heavy atom. The summed E-state index contributed by atoms with van der Waals surface area (Å²) >= 11 is 6.55. The Morgan fingerprint density at radius 2 is 1.67 bits per heavy atom. The van der Waals surface area contributed by atoms with Crippen LogP contribution in [0.1, 0.15) is 29.5 Å². The van der Waals surface area contributed by atoms with E-state index in [1.807, 2.05) is 0 Å². The van der Waals surface area contributed by atoms with Crippen LogP contribution in [-0.4, -0.2) is 0 Å². The SMILES string of the molecule is Cc1ccc(C2=CCCC(Cl)=C2Cc2ccccc2)cc1. The summed E-state index contributed by atoms with van der Waals surface area (Å²) in [4.78, 5) is 0. The molecule has 0 amide bonds. The molecule has 1 aliphatic rings.